The van der Waals surface area contributed by atoms with Gasteiger partial charge in [0, 0.05) is 12.1 Å². The van der Waals surface area contributed by atoms with Crippen LogP contribution in [-0.4, -0.2) is 20.5 Å². The standard InChI is InChI=1S/C16H24N4/c1-12(2)14-8-6-7-9-15(14)20-11-13(18-19-20)10-17-16(3,4)5/h6-9,11-12,17H,10H2,1-5H3. The van der Waals surface area contributed by atoms with Gasteiger partial charge in [-0.3, -0.25) is 0 Å². The van der Waals surface area contributed by atoms with E-state index in [2.05, 4.69) is 68.4 Å². The Bertz CT molecular complexity index is 564. The van der Waals surface area contributed by atoms with Gasteiger partial charge in [0.1, 0.15) is 0 Å². The lowest BCUT2D eigenvalue weighted by Crippen LogP contribution is -2.35. The number of aromatic nitrogens is 3. The summed E-state index contributed by atoms with van der Waals surface area (Å²) in [7, 11) is 0. The molecule has 1 N–H and O–H groups in total. The number of benzene rings is 1. The van der Waals surface area contributed by atoms with Crippen LogP contribution in [0.15, 0.2) is 30.5 Å². The van der Waals surface area contributed by atoms with E-state index in [1.165, 1.54) is 5.56 Å². The molecule has 0 amide bonds. The van der Waals surface area contributed by atoms with Gasteiger partial charge in [-0.2, -0.15) is 0 Å². The van der Waals surface area contributed by atoms with E-state index in [9.17, 15) is 0 Å². The van der Waals surface area contributed by atoms with Gasteiger partial charge in [0.2, 0.25) is 0 Å². The van der Waals surface area contributed by atoms with Crippen LogP contribution in [0.3, 0.4) is 0 Å². The topological polar surface area (TPSA) is 42.7 Å². The van der Waals surface area contributed by atoms with Crippen LogP contribution >= 0.6 is 0 Å². The van der Waals surface area contributed by atoms with Gasteiger partial charge >= 0.3 is 0 Å². The van der Waals surface area contributed by atoms with Crippen molar-refractivity contribution in [1.82, 2.24) is 20.3 Å². The highest BCUT2D eigenvalue weighted by Crippen LogP contribution is 2.22. The monoisotopic (exact) mass is 272 g/mol. The Morgan fingerprint density at radius 2 is 1.90 bits per heavy atom. The van der Waals surface area contributed by atoms with Crippen molar-refractivity contribution in [3.05, 3.63) is 41.7 Å². The van der Waals surface area contributed by atoms with E-state index in [0.29, 0.717) is 5.92 Å². The Hall–Kier alpha value is -1.68. The van der Waals surface area contributed by atoms with Gasteiger partial charge in [-0.05, 0) is 38.3 Å². The maximum absolute atomic E-state index is 4.26. The van der Waals surface area contributed by atoms with E-state index < -0.39 is 0 Å². The lowest BCUT2D eigenvalue weighted by Gasteiger charge is -2.19. The fraction of sp³-hybridized carbons (Fsp3) is 0.500. The van der Waals surface area contributed by atoms with Crippen molar-refractivity contribution in [2.45, 2.75) is 52.6 Å². The first-order chi connectivity index (χ1) is 9.37. The molecule has 0 unspecified atom stereocenters. The molecule has 108 valence electrons. The third kappa shape index (κ3) is 3.67. The van der Waals surface area contributed by atoms with Crippen molar-refractivity contribution < 1.29 is 0 Å². The molecular weight excluding hydrogens is 248 g/mol. The summed E-state index contributed by atoms with van der Waals surface area (Å²) in [6.07, 6.45) is 2.00. The average Bonchev–Trinajstić information content (AvgIpc) is 2.84. The fourth-order valence-corrected chi connectivity index (χ4v) is 2.04. The van der Waals surface area contributed by atoms with Crippen LogP contribution in [0.2, 0.25) is 0 Å². The third-order valence-electron chi connectivity index (χ3n) is 3.15. The molecule has 1 aromatic carbocycles. The number of rotatable bonds is 4. The first kappa shape index (κ1) is 14.7. The molecule has 0 saturated heterocycles. The Balaban J connectivity index is 2.21. The number of nitrogens with one attached hydrogen (secondary N) is 1. The van der Waals surface area contributed by atoms with E-state index in [0.717, 1.165) is 17.9 Å². The molecule has 2 rings (SSSR count). The molecule has 0 fully saturated rings. The number of para-hydroxylation sites is 1. The highest BCUT2D eigenvalue weighted by molar-refractivity contribution is 5.42. The van der Waals surface area contributed by atoms with Crippen LogP contribution in [0.1, 0.15) is 51.8 Å². The number of nitrogens with zero attached hydrogens (tertiary/aromatic N) is 3. The second-order valence-corrected chi connectivity index (χ2v) is 6.47. The van der Waals surface area contributed by atoms with Crippen molar-refractivity contribution in [3.8, 4) is 5.69 Å². The van der Waals surface area contributed by atoms with E-state index in [4.69, 9.17) is 0 Å². The Morgan fingerprint density at radius 3 is 2.55 bits per heavy atom. The summed E-state index contributed by atoms with van der Waals surface area (Å²) in [4.78, 5) is 0. The van der Waals surface area contributed by atoms with Gasteiger partial charge in [0.25, 0.3) is 0 Å². The predicted octanol–water partition coefficient (Wildman–Crippen LogP) is 3.28. The lowest BCUT2D eigenvalue weighted by atomic mass is 10.0. The SMILES string of the molecule is CC(C)c1ccccc1-n1cc(CNC(C)(C)C)nn1. The van der Waals surface area contributed by atoms with Crippen LogP contribution < -0.4 is 5.32 Å². The lowest BCUT2D eigenvalue weighted by molar-refractivity contribution is 0.421. The molecule has 0 radical (unpaired) electrons. The second-order valence-electron chi connectivity index (χ2n) is 6.47. The minimum Gasteiger partial charge on any atom is -0.306 e. The van der Waals surface area contributed by atoms with Gasteiger partial charge < -0.3 is 5.32 Å². The maximum Gasteiger partial charge on any atom is 0.0969 e. The number of hydrogen-bond acceptors (Lipinski definition) is 3. The molecule has 0 spiro atoms. The normalized spacial score (nSPS) is 12.1. The number of hydrogen-bond donors (Lipinski definition) is 1. The predicted molar refractivity (Wildman–Crippen MR) is 82.0 cm³/mol. The summed E-state index contributed by atoms with van der Waals surface area (Å²) < 4.78 is 1.87. The molecule has 0 atom stereocenters. The van der Waals surface area contributed by atoms with E-state index >= 15 is 0 Å². The van der Waals surface area contributed by atoms with Crippen molar-refractivity contribution in [2.24, 2.45) is 0 Å². The van der Waals surface area contributed by atoms with Crippen LogP contribution in [-0.2, 0) is 6.54 Å². The molecule has 1 heterocycles. The maximum atomic E-state index is 4.26. The summed E-state index contributed by atoms with van der Waals surface area (Å²) in [6, 6.07) is 8.34. The quantitative estimate of drug-likeness (QED) is 0.928. The summed E-state index contributed by atoms with van der Waals surface area (Å²) in [5.41, 5.74) is 3.43. The zero-order valence-corrected chi connectivity index (χ0v) is 13.0. The van der Waals surface area contributed by atoms with Crippen LogP contribution in [0, 0.1) is 0 Å². The van der Waals surface area contributed by atoms with Gasteiger partial charge in [-0.25, -0.2) is 4.68 Å². The smallest absolute Gasteiger partial charge is 0.0969 e. The van der Waals surface area contributed by atoms with Gasteiger partial charge in [0.05, 0.1) is 17.6 Å². The Morgan fingerprint density at radius 1 is 1.20 bits per heavy atom. The Labute approximate surface area is 121 Å². The summed E-state index contributed by atoms with van der Waals surface area (Å²) >= 11 is 0. The molecule has 0 aliphatic carbocycles. The molecule has 1 aromatic heterocycles. The summed E-state index contributed by atoms with van der Waals surface area (Å²) in [6.45, 7) is 11.5. The molecule has 4 heteroatoms. The third-order valence-corrected chi connectivity index (χ3v) is 3.15. The largest absolute Gasteiger partial charge is 0.306 e. The first-order valence-corrected chi connectivity index (χ1v) is 7.12. The molecule has 4 nitrogen and oxygen atoms in total. The zero-order chi connectivity index (χ0) is 14.8. The first-order valence-electron chi connectivity index (χ1n) is 7.12. The molecule has 2 aromatic rings. The van der Waals surface area contributed by atoms with Crippen molar-refractivity contribution >= 4 is 0 Å². The van der Waals surface area contributed by atoms with Gasteiger partial charge in [-0.15, -0.1) is 5.10 Å². The second kappa shape index (κ2) is 5.75. The van der Waals surface area contributed by atoms with Crippen LogP contribution in [0.25, 0.3) is 5.69 Å². The fourth-order valence-electron chi connectivity index (χ4n) is 2.04. The highest BCUT2D eigenvalue weighted by atomic mass is 15.4. The van der Waals surface area contributed by atoms with Crippen molar-refractivity contribution in [1.29, 1.82) is 0 Å². The highest BCUT2D eigenvalue weighted by Gasteiger charge is 2.12. The van der Waals surface area contributed by atoms with E-state index in [1.54, 1.807) is 0 Å². The molecule has 20 heavy (non-hydrogen) atoms. The van der Waals surface area contributed by atoms with Crippen LogP contribution in [0.5, 0.6) is 0 Å². The van der Waals surface area contributed by atoms with E-state index in [1.807, 2.05) is 16.9 Å². The van der Waals surface area contributed by atoms with Crippen LogP contribution in [0.4, 0.5) is 0 Å². The average molecular weight is 272 g/mol. The zero-order valence-electron chi connectivity index (χ0n) is 13.0. The van der Waals surface area contributed by atoms with Crippen molar-refractivity contribution in [3.63, 3.8) is 0 Å². The summed E-state index contributed by atoms with van der Waals surface area (Å²) in [5.74, 6) is 0.464. The molecular formula is C16H24N4. The molecule has 0 bridgehead atoms. The van der Waals surface area contributed by atoms with Crippen molar-refractivity contribution in [2.75, 3.05) is 0 Å². The molecule has 0 saturated carbocycles. The van der Waals surface area contributed by atoms with Gasteiger partial charge in [-0.1, -0.05) is 37.3 Å². The minimum atomic E-state index is 0.0830. The Kier molecular flexibility index (Phi) is 4.23. The van der Waals surface area contributed by atoms with Gasteiger partial charge in [0.15, 0.2) is 0 Å². The molecule has 0 aliphatic heterocycles. The minimum absolute atomic E-state index is 0.0830. The summed E-state index contributed by atoms with van der Waals surface area (Å²) in [5, 5.41) is 11.9. The molecule has 0 aliphatic rings. The van der Waals surface area contributed by atoms with E-state index in [-0.39, 0.29) is 5.54 Å².